The second kappa shape index (κ2) is 12.1. The molecule has 184 valence electrons. The Bertz CT molecular complexity index is 1090. The molecule has 2 aromatic rings. The summed E-state index contributed by atoms with van der Waals surface area (Å²) in [4.78, 5) is 39.9. The second-order valence-corrected chi connectivity index (χ2v) is 8.31. The van der Waals surface area contributed by atoms with Crippen molar-refractivity contribution in [3.63, 3.8) is 0 Å². The van der Waals surface area contributed by atoms with Crippen molar-refractivity contribution in [1.29, 1.82) is 0 Å². The number of amides is 3. The standard InChI is InChI=1S/C26H30N4O5/c1-27-24(31)23(25(32)28-34)29(2)26(33)21-12-10-19(11-13-21)5-4-18-6-8-20(9-7-18)16-30-15-14-22(17-30)35-3/h6-13,22-23,34H,14-17H2,1-3H3,(H,27,31)(H,28,32). The van der Waals surface area contributed by atoms with Crippen molar-refractivity contribution >= 4 is 17.7 Å². The predicted molar refractivity (Wildman–Crippen MR) is 129 cm³/mol. The zero-order chi connectivity index (χ0) is 25.4. The van der Waals surface area contributed by atoms with Crippen LogP contribution in [0.25, 0.3) is 0 Å². The molecule has 2 atom stereocenters. The number of likely N-dealkylation sites (tertiary alicyclic amines) is 1. The molecule has 0 saturated carbocycles. The largest absolute Gasteiger partial charge is 0.380 e. The number of carbonyl (C=O) groups excluding carboxylic acids is 3. The van der Waals surface area contributed by atoms with E-state index in [1.807, 2.05) is 12.1 Å². The summed E-state index contributed by atoms with van der Waals surface area (Å²) in [5.74, 6) is 3.92. The Balaban J connectivity index is 1.62. The predicted octanol–water partition coefficient (Wildman–Crippen LogP) is 0.999. The van der Waals surface area contributed by atoms with Crippen molar-refractivity contribution in [2.75, 3.05) is 34.3 Å². The summed E-state index contributed by atoms with van der Waals surface area (Å²) < 4.78 is 5.42. The number of nitrogens with one attached hydrogen (secondary N) is 2. The van der Waals surface area contributed by atoms with Gasteiger partial charge in [-0.2, -0.15) is 0 Å². The van der Waals surface area contributed by atoms with Crippen LogP contribution in [0.2, 0.25) is 0 Å². The summed E-state index contributed by atoms with van der Waals surface area (Å²) in [6.07, 6.45) is 1.38. The van der Waals surface area contributed by atoms with Gasteiger partial charge in [0.1, 0.15) is 0 Å². The summed E-state index contributed by atoms with van der Waals surface area (Å²) >= 11 is 0. The number of likely N-dealkylation sites (N-methyl/N-ethyl adjacent to an activating group) is 2. The van der Waals surface area contributed by atoms with Crippen LogP contribution in [0.4, 0.5) is 0 Å². The Hall–Kier alpha value is -3.71. The highest BCUT2D eigenvalue weighted by atomic mass is 16.5. The minimum Gasteiger partial charge on any atom is -0.380 e. The van der Waals surface area contributed by atoms with Crippen LogP contribution in [0, 0.1) is 11.8 Å². The monoisotopic (exact) mass is 478 g/mol. The lowest BCUT2D eigenvalue weighted by Gasteiger charge is -2.25. The van der Waals surface area contributed by atoms with Crippen LogP contribution >= 0.6 is 0 Å². The van der Waals surface area contributed by atoms with Crippen molar-refractivity contribution in [3.8, 4) is 11.8 Å². The van der Waals surface area contributed by atoms with Crippen LogP contribution in [-0.2, 0) is 20.9 Å². The number of carbonyl (C=O) groups is 3. The van der Waals surface area contributed by atoms with Gasteiger partial charge in [0.25, 0.3) is 17.7 Å². The molecule has 1 aliphatic rings. The van der Waals surface area contributed by atoms with Gasteiger partial charge in [0.05, 0.1) is 6.10 Å². The molecular formula is C26H30N4O5. The van der Waals surface area contributed by atoms with Gasteiger partial charge in [-0.1, -0.05) is 24.0 Å². The molecule has 1 aliphatic heterocycles. The summed E-state index contributed by atoms with van der Waals surface area (Å²) in [6, 6.07) is 13.2. The first-order valence-corrected chi connectivity index (χ1v) is 11.2. The lowest BCUT2D eigenvalue weighted by atomic mass is 10.1. The molecule has 2 aromatic carbocycles. The van der Waals surface area contributed by atoms with Gasteiger partial charge in [0.2, 0.25) is 0 Å². The van der Waals surface area contributed by atoms with E-state index in [4.69, 9.17) is 9.94 Å². The molecule has 0 aliphatic carbocycles. The topological polar surface area (TPSA) is 111 Å². The number of nitrogens with zero attached hydrogens (tertiary/aromatic N) is 2. The van der Waals surface area contributed by atoms with Gasteiger partial charge in [-0.15, -0.1) is 0 Å². The van der Waals surface area contributed by atoms with E-state index in [0.717, 1.165) is 36.5 Å². The zero-order valence-electron chi connectivity index (χ0n) is 20.1. The van der Waals surface area contributed by atoms with Gasteiger partial charge in [-0.3, -0.25) is 24.5 Å². The van der Waals surface area contributed by atoms with Crippen molar-refractivity contribution in [2.24, 2.45) is 0 Å². The molecule has 3 amide bonds. The van der Waals surface area contributed by atoms with Crippen LogP contribution in [0.15, 0.2) is 48.5 Å². The van der Waals surface area contributed by atoms with Gasteiger partial charge in [0, 0.05) is 57.5 Å². The van der Waals surface area contributed by atoms with E-state index in [9.17, 15) is 14.4 Å². The van der Waals surface area contributed by atoms with Crippen molar-refractivity contribution in [3.05, 3.63) is 70.8 Å². The van der Waals surface area contributed by atoms with E-state index < -0.39 is 23.8 Å². The number of rotatable bonds is 7. The van der Waals surface area contributed by atoms with Crippen LogP contribution in [0.3, 0.4) is 0 Å². The van der Waals surface area contributed by atoms with E-state index >= 15 is 0 Å². The first kappa shape index (κ1) is 25.9. The molecule has 0 spiro atoms. The van der Waals surface area contributed by atoms with Crippen LogP contribution in [0.5, 0.6) is 0 Å². The van der Waals surface area contributed by atoms with Crippen molar-refractivity contribution in [1.82, 2.24) is 20.6 Å². The number of benzene rings is 2. The Morgan fingerprint density at radius 2 is 1.69 bits per heavy atom. The molecule has 2 unspecified atom stereocenters. The Labute approximate surface area is 205 Å². The molecule has 1 fully saturated rings. The summed E-state index contributed by atoms with van der Waals surface area (Å²) in [7, 11) is 4.41. The smallest absolute Gasteiger partial charge is 0.275 e. The third kappa shape index (κ3) is 6.67. The average Bonchev–Trinajstić information content (AvgIpc) is 3.35. The lowest BCUT2D eigenvalue weighted by Crippen LogP contribution is -2.54. The molecule has 1 saturated heterocycles. The highest BCUT2D eigenvalue weighted by molar-refractivity contribution is 6.08. The molecular weight excluding hydrogens is 448 g/mol. The molecule has 0 aromatic heterocycles. The minimum atomic E-state index is -1.51. The summed E-state index contributed by atoms with van der Waals surface area (Å²) in [6.45, 7) is 2.88. The van der Waals surface area contributed by atoms with Crippen LogP contribution < -0.4 is 10.8 Å². The Kier molecular flexibility index (Phi) is 8.98. The SMILES string of the molecule is CNC(=O)C(C(=O)NO)N(C)C(=O)c1ccc(C#Cc2ccc(CN3CCC(OC)C3)cc2)cc1. The fourth-order valence-corrected chi connectivity index (χ4v) is 3.91. The van der Waals surface area contributed by atoms with Crippen molar-refractivity contribution < 1.29 is 24.3 Å². The molecule has 0 radical (unpaired) electrons. The minimum absolute atomic E-state index is 0.277. The third-order valence-electron chi connectivity index (χ3n) is 5.97. The molecule has 9 nitrogen and oxygen atoms in total. The Morgan fingerprint density at radius 1 is 1.09 bits per heavy atom. The molecule has 9 heteroatoms. The maximum absolute atomic E-state index is 12.7. The van der Waals surface area contributed by atoms with E-state index in [1.54, 1.807) is 31.4 Å². The van der Waals surface area contributed by atoms with E-state index in [-0.39, 0.29) is 5.56 Å². The first-order valence-electron chi connectivity index (χ1n) is 11.2. The normalized spacial score (nSPS) is 16.1. The summed E-state index contributed by atoms with van der Waals surface area (Å²) in [5.41, 5.74) is 4.52. The van der Waals surface area contributed by atoms with Gasteiger partial charge >= 0.3 is 0 Å². The number of hydrogen-bond acceptors (Lipinski definition) is 6. The number of hydroxylamine groups is 1. The lowest BCUT2D eigenvalue weighted by molar-refractivity contribution is -0.140. The van der Waals surface area contributed by atoms with Gasteiger partial charge in [-0.05, 0) is 48.4 Å². The van der Waals surface area contributed by atoms with E-state index in [0.29, 0.717) is 11.7 Å². The highest BCUT2D eigenvalue weighted by Crippen LogP contribution is 2.16. The zero-order valence-corrected chi connectivity index (χ0v) is 20.1. The van der Waals surface area contributed by atoms with E-state index in [1.165, 1.54) is 25.1 Å². The summed E-state index contributed by atoms with van der Waals surface area (Å²) in [5, 5.41) is 11.2. The fourth-order valence-electron chi connectivity index (χ4n) is 3.91. The second-order valence-electron chi connectivity index (χ2n) is 8.31. The van der Waals surface area contributed by atoms with Gasteiger partial charge < -0.3 is 15.0 Å². The number of methoxy groups -OCH3 is 1. The molecule has 3 rings (SSSR count). The van der Waals surface area contributed by atoms with Crippen LogP contribution in [-0.4, -0.2) is 79.2 Å². The first-order chi connectivity index (χ1) is 16.9. The molecule has 1 heterocycles. The number of hydrogen-bond donors (Lipinski definition) is 3. The molecule has 35 heavy (non-hydrogen) atoms. The maximum atomic E-state index is 12.7. The van der Waals surface area contributed by atoms with E-state index in [2.05, 4.69) is 34.2 Å². The quantitative estimate of drug-likeness (QED) is 0.237. The van der Waals surface area contributed by atoms with Gasteiger partial charge in [0.15, 0.2) is 6.04 Å². The average molecular weight is 479 g/mol. The third-order valence-corrected chi connectivity index (χ3v) is 5.97. The van der Waals surface area contributed by atoms with Gasteiger partial charge in [-0.25, -0.2) is 5.48 Å². The maximum Gasteiger partial charge on any atom is 0.275 e. The number of ether oxygens (including phenoxy) is 1. The highest BCUT2D eigenvalue weighted by Gasteiger charge is 2.33. The molecule has 3 N–H and O–H groups in total. The van der Waals surface area contributed by atoms with Crippen LogP contribution in [0.1, 0.15) is 33.5 Å². The Morgan fingerprint density at radius 3 is 2.20 bits per heavy atom. The fraction of sp³-hybridized carbons (Fsp3) is 0.346. The molecule has 0 bridgehead atoms. The van der Waals surface area contributed by atoms with Crippen molar-refractivity contribution in [2.45, 2.75) is 25.1 Å².